The Morgan fingerprint density at radius 3 is 2.57 bits per heavy atom. The zero-order valence-corrected chi connectivity index (χ0v) is 25.7. The maximum atomic E-state index is 13.4. The van der Waals surface area contributed by atoms with Crippen LogP contribution in [0.25, 0.3) is 16.7 Å². The van der Waals surface area contributed by atoms with Crippen molar-refractivity contribution < 1.29 is 4.79 Å². The largest absolute Gasteiger partial charge is 0.366 e. The molecule has 0 radical (unpaired) electrons. The molecule has 44 heavy (non-hydrogen) atoms. The van der Waals surface area contributed by atoms with Gasteiger partial charge in [0, 0.05) is 57.3 Å². The average Bonchev–Trinajstić information content (AvgIpc) is 3.46. The highest BCUT2D eigenvalue weighted by Gasteiger charge is 2.23. The molecule has 0 spiro atoms. The number of amides is 1. The van der Waals surface area contributed by atoms with Crippen molar-refractivity contribution in [3.63, 3.8) is 0 Å². The van der Waals surface area contributed by atoms with E-state index in [-0.39, 0.29) is 11.5 Å². The van der Waals surface area contributed by atoms with Crippen LogP contribution in [0.1, 0.15) is 36.7 Å². The van der Waals surface area contributed by atoms with Gasteiger partial charge in [-0.05, 0) is 68.6 Å². The van der Waals surface area contributed by atoms with Crippen molar-refractivity contribution in [3.8, 4) is 0 Å². The number of nitrogens with one attached hydrogen (secondary N) is 1. The Morgan fingerprint density at radius 1 is 0.932 bits per heavy atom. The molecule has 1 saturated heterocycles. The lowest BCUT2D eigenvalue weighted by molar-refractivity contribution is -0.121. The van der Waals surface area contributed by atoms with E-state index < -0.39 is 0 Å². The highest BCUT2D eigenvalue weighted by Crippen LogP contribution is 2.22. The SMILES string of the molecule is Cc1cccc(N2CCN(CCCNC(=O)CCc3nnc4n(CCc5ccccc5)c(=O)c5ccccc5n34)C[C@@H]2C)c1. The van der Waals surface area contributed by atoms with Crippen molar-refractivity contribution in [2.45, 2.75) is 52.1 Å². The monoisotopic (exact) mass is 591 g/mol. The van der Waals surface area contributed by atoms with E-state index in [1.807, 2.05) is 46.9 Å². The number of hydrogen-bond acceptors (Lipinski definition) is 6. The fourth-order valence-corrected chi connectivity index (χ4v) is 6.33. The molecule has 1 atom stereocenters. The first kappa shape index (κ1) is 29.6. The third kappa shape index (κ3) is 6.53. The van der Waals surface area contributed by atoms with E-state index in [9.17, 15) is 9.59 Å². The number of carbonyl (C=O) groups is 1. The van der Waals surface area contributed by atoms with Gasteiger partial charge >= 0.3 is 0 Å². The summed E-state index contributed by atoms with van der Waals surface area (Å²) in [5.41, 5.74) is 4.43. The molecule has 1 aliphatic heterocycles. The molecular weight excluding hydrogens is 550 g/mol. The number of para-hydroxylation sites is 1. The maximum Gasteiger partial charge on any atom is 0.262 e. The number of hydrogen-bond donors (Lipinski definition) is 1. The van der Waals surface area contributed by atoms with Crippen LogP contribution in [-0.4, -0.2) is 68.7 Å². The number of anilines is 1. The van der Waals surface area contributed by atoms with Crippen LogP contribution in [0, 0.1) is 6.92 Å². The quantitative estimate of drug-likeness (QED) is 0.231. The van der Waals surface area contributed by atoms with Crippen molar-refractivity contribution in [1.29, 1.82) is 0 Å². The van der Waals surface area contributed by atoms with Gasteiger partial charge in [-0.1, -0.05) is 54.6 Å². The van der Waals surface area contributed by atoms with Gasteiger partial charge in [0.2, 0.25) is 11.7 Å². The number of carbonyl (C=O) groups excluding carboxylic acids is 1. The number of aromatic nitrogens is 4. The summed E-state index contributed by atoms with van der Waals surface area (Å²) in [5, 5.41) is 12.6. The second-order valence-corrected chi connectivity index (χ2v) is 11.8. The highest BCUT2D eigenvalue weighted by molar-refractivity contribution is 5.80. The summed E-state index contributed by atoms with van der Waals surface area (Å²) in [5.74, 6) is 1.19. The molecule has 1 aliphatic rings. The van der Waals surface area contributed by atoms with Crippen LogP contribution in [0.2, 0.25) is 0 Å². The van der Waals surface area contributed by atoms with Gasteiger partial charge in [0.1, 0.15) is 5.82 Å². The second-order valence-electron chi connectivity index (χ2n) is 11.8. The van der Waals surface area contributed by atoms with E-state index in [4.69, 9.17) is 0 Å². The fraction of sp³-hybridized carbons (Fsp3) is 0.371. The van der Waals surface area contributed by atoms with Gasteiger partial charge in [0.25, 0.3) is 5.56 Å². The van der Waals surface area contributed by atoms with Crippen LogP contribution in [-0.2, 0) is 24.2 Å². The Hall–Kier alpha value is -4.50. The van der Waals surface area contributed by atoms with E-state index in [2.05, 4.69) is 75.6 Å². The predicted octanol–water partition coefficient (Wildman–Crippen LogP) is 4.24. The lowest BCUT2D eigenvalue weighted by atomic mass is 10.1. The highest BCUT2D eigenvalue weighted by atomic mass is 16.1. The number of benzene rings is 3. The molecule has 228 valence electrons. The minimum absolute atomic E-state index is 0.00101. The Morgan fingerprint density at radius 2 is 1.75 bits per heavy atom. The van der Waals surface area contributed by atoms with E-state index in [0.717, 1.165) is 43.7 Å². The van der Waals surface area contributed by atoms with Crippen LogP contribution in [0.5, 0.6) is 0 Å². The molecule has 5 aromatic rings. The smallest absolute Gasteiger partial charge is 0.262 e. The fourth-order valence-electron chi connectivity index (χ4n) is 6.33. The summed E-state index contributed by atoms with van der Waals surface area (Å²) in [6.07, 6.45) is 2.37. The van der Waals surface area contributed by atoms with Gasteiger partial charge in [-0.2, -0.15) is 0 Å². The van der Waals surface area contributed by atoms with Crippen LogP contribution in [0.15, 0.2) is 83.7 Å². The summed E-state index contributed by atoms with van der Waals surface area (Å²) in [7, 11) is 0. The molecule has 9 nitrogen and oxygen atoms in total. The summed E-state index contributed by atoms with van der Waals surface area (Å²) < 4.78 is 3.64. The standard InChI is InChI=1S/C35H41N7O2/c1-26-10-8-13-29(24-26)40-23-22-39(25-27(40)2)20-9-19-36-33(43)17-16-32-37-38-35-41(21-18-28-11-4-3-5-12-28)34(44)30-14-6-7-15-31(30)42(32)35/h3-8,10-15,24,27H,9,16-23,25H2,1-2H3,(H,36,43)/t27-/m0/s1. The Bertz CT molecular complexity index is 1800. The Kier molecular flexibility index (Phi) is 9.02. The maximum absolute atomic E-state index is 13.4. The van der Waals surface area contributed by atoms with Crippen LogP contribution < -0.4 is 15.8 Å². The summed E-state index contributed by atoms with van der Waals surface area (Å²) >= 11 is 0. The lowest BCUT2D eigenvalue weighted by Gasteiger charge is -2.41. The molecule has 0 saturated carbocycles. The lowest BCUT2D eigenvalue weighted by Crippen LogP contribution is -2.52. The average molecular weight is 592 g/mol. The van der Waals surface area contributed by atoms with Gasteiger partial charge in [-0.3, -0.25) is 23.5 Å². The van der Waals surface area contributed by atoms with E-state index in [1.165, 1.54) is 11.3 Å². The molecule has 2 aromatic heterocycles. The first-order valence-corrected chi connectivity index (χ1v) is 15.7. The van der Waals surface area contributed by atoms with Crippen molar-refractivity contribution in [1.82, 2.24) is 29.4 Å². The number of nitrogens with zero attached hydrogens (tertiary/aromatic N) is 6. The van der Waals surface area contributed by atoms with Gasteiger partial charge < -0.3 is 10.2 Å². The zero-order chi connectivity index (χ0) is 30.5. The molecule has 3 heterocycles. The molecule has 1 amide bonds. The zero-order valence-electron chi connectivity index (χ0n) is 25.7. The van der Waals surface area contributed by atoms with Crippen molar-refractivity contribution >= 4 is 28.3 Å². The van der Waals surface area contributed by atoms with Crippen molar-refractivity contribution in [2.24, 2.45) is 0 Å². The van der Waals surface area contributed by atoms with E-state index >= 15 is 0 Å². The first-order chi connectivity index (χ1) is 21.5. The van der Waals surface area contributed by atoms with Gasteiger partial charge in [-0.25, -0.2) is 0 Å². The number of piperazine rings is 1. The number of rotatable bonds is 11. The van der Waals surface area contributed by atoms with Gasteiger partial charge in [0.05, 0.1) is 10.9 Å². The van der Waals surface area contributed by atoms with Gasteiger partial charge in [0.15, 0.2) is 0 Å². The Balaban J connectivity index is 1.03. The van der Waals surface area contributed by atoms with Crippen molar-refractivity contribution in [3.05, 3.63) is 106 Å². The molecule has 0 bridgehead atoms. The summed E-state index contributed by atoms with van der Waals surface area (Å²) in [6.45, 7) is 9.59. The number of aryl methyl sites for hydroxylation is 4. The Labute approximate surface area is 258 Å². The molecular formula is C35H41N7O2. The minimum atomic E-state index is -0.0771. The second kappa shape index (κ2) is 13.4. The topological polar surface area (TPSA) is 87.8 Å². The number of fused-ring (bicyclic) bond motifs is 3. The molecule has 9 heteroatoms. The third-order valence-electron chi connectivity index (χ3n) is 8.64. The van der Waals surface area contributed by atoms with Crippen LogP contribution in [0.3, 0.4) is 0 Å². The normalized spacial score (nSPS) is 15.7. The third-order valence-corrected chi connectivity index (χ3v) is 8.64. The summed E-state index contributed by atoms with van der Waals surface area (Å²) in [6, 6.07) is 26.8. The van der Waals surface area contributed by atoms with E-state index in [0.29, 0.717) is 55.4 Å². The molecule has 6 rings (SSSR count). The molecule has 0 unspecified atom stereocenters. The molecule has 3 aromatic carbocycles. The molecule has 1 N–H and O–H groups in total. The summed E-state index contributed by atoms with van der Waals surface area (Å²) in [4.78, 5) is 31.2. The van der Waals surface area contributed by atoms with Crippen LogP contribution >= 0.6 is 0 Å². The predicted molar refractivity (Wildman–Crippen MR) is 175 cm³/mol. The van der Waals surface area contributed by atoms with Crippen molar-refractivity contribution in [2.75, 3.05) is 37.6 Å². The van der Waals surface area contributed by atoms with Crippen LogP contribution in [0.4, 0.5) is 5.69 Å². The van der Waals surface area contributed by atoms with Gasteiger partial charge in [-0.15, -0.1) is 10.2 Å². The van der Waals surface area contributed by atoms with E-state index in [1.54, 1.807) is 4.57 Å². The molecule has 1 fully saturated rings. The molecule has 0 aliphatic carbocycles. The first-order valence-electron chi connectivity index (χ1n) is 15.7. The minimum Gasteiger partial charge on any atom is -0.366 e.